The number of pyridine rings is 1. The fourth-order valence-corrected chi connectivity index (χ4v) is 5.42. The number of piperazine rings is 1. The van der Waals surface area contributed by atoms with Crippen LogP contribution in [0.1, 0.15) is 11.1 Å². The number of halogens is 1. The molecule has 1 aromatic carbocycles. The van der Waals surface area contributed by atoms with Gasteiger partial charge in [-0.1, -0.05) is 11.6 Å². The standard InChI is InChI=1S/C21H22ClN5O2S/c1-15-13-20(16(2)12-18(15)22)30(28,29)27-10-8-26(9-11-27)21-6-5-19(24-25-21)17-4-3-7-23-14-17/h3-7,12-14H,8-11H2,1-2H3. The van der Waals surface area contributed by atoms with Gasteiger partial charge in [0, 0.05) is 49.2 Å². The summed E-state index contributed by atoms with van der Waals surface area (Å²) in [5, 5.41) is 9.19. The van der Waals surface area contributed by atoms with Gasteiger partial charge in [0.15, 0.2) is 5.82 Å². The third-order valence-corrected chi connectivity index (χ3v) is 7.69. The van der Waals surface area contributed by atoms with Crippen LogP contribution in [-0.2, 0) is 10.0 Å². The van der Waals surface area contributed by atoms with Crippen LogP contribution in [0, 0.1) is 13.8 Å². The van der Waals surface area contributed by atoms with Gasteiger partial charge in [0.25, 0.3) is 0 Å². The highest BCUT2D eigenvalue weighted by Gasteiger charge is 2.30. The summed E-state index contributed by atoms with van der Waals surface area (Å²) >= 11 is 6.13. The summed E-state index contributed by atoms with van der Waals surface area (Å²) < 4.78 is 27.8. The van der Waals surface area contributed by atoms with Crippen LogP contribution in [0.25, 0.3) is 11.3 Å². The van der Waals surface area contributed by atoms with Gasteiger partial charge in [0.05, 0.1) is 10.6 Å². The van der Waals surface area contributed by atoms with Crippen molar-refractivity contribution in [1.29, 1.82) is 0 Å². The summed E-state index contributed by atoms with van der Waals surface area (Å²) in [4.78, 5) is 6.46. The van der Waals surface area contributed by atoms with Crippen molar-refractivity contribution >= 4 is 27.4 Å². The predicted octanol–water partition coefficient (Wildman–Crippen LogP) is 3.32. The minimum atomic E-state index is -3.58. The number of anilines is 1. The summed E-state index contributed by atoms with van der Waals surface area (Å²) in [5.74, 6) is 0.734. The Morgan fingerprint density at radius 2 is 1.73 bits per heavy atom. The monoisotopic (exact) mass is 443 g/mol. The summed E-state index contributed by atoms with van der Waals surface area (Å²) in [5.41, 5.74) is 3.07. The molecule has 0 radical (unpaired) electrons. The predicted molar refractivity (Wildman–Crippen MR) is 117 cm³/mol. The highest BCUT2D eigenvalue weighted by Crippen LogP contribution is 2.27. The van der Waals surface area contributed by atoms with Crippen molar-refractivity contribution in [3.05, 3.63) is 64.9 Å². The van der Waals surface area contributed by atoms with E-state index < -0.39 is 10.0 Å². The Morgan fingerprint density at radius 3 is 2.37 bits per heavy atom. The van der Waals surface area contributed by atoms with E-state index in [1.807, 2.05) is 36.1 Å². The zero-order valence-electron chi connectivity index (χ0n) is 16.8. The van der Waals surface area contributed by atoms with Crippen molar-refractivity contribution in [1.82, 2.24) is 19.5 Å². The zero-order valence-corrected chi connectivity index (χ0v) is 18.4. The summed E-state index contributed by atoms with van der Waals surface area (Å²) in [6.45, 7) is 5.45. The van der Waals surface area contributed by atoms with E-state index in [9.17, 15) is 8.42 Å². The minimum absolute atomic E-state index is 0.318. The van der Waals surface area contributed by atoms with Gasteiger partial charge in [0.1, 0.15) is 0 Å². The lowest BCUT2D eigenvalue weighted by atomic mass is 10.2. The van der Waals surface area contributed by atoms with Crippen LogP contribution in [0.2, 0.25) is 5.02 Å². The molecule has 0 saturated carbocycles. The smallest absolute Gasteiger partial charge is 0.243 e. The molecule has 3 aromatic rings. The molecule has 0 spiro atoms. The fraction of sp³-hybridized carbons (Fsp3) is 0.286. The molecule has 0 unspecified atom stereocenters. The molecule has 0 aliphatic carbocycles. The molecular formula is C21H22ClN5O2S. The molecule has 4 rings (SSSR count). The summed E-state index contributed by atoms with van der Waals surface area (Å²) in [7, 11) is -3.58. The fourth-order valence-electron chi connectivity index (χ4n) is 3.49. The van der Waals surface area contributed by atoms with E-state index in [0.29, 0.717) is 41.7 Å². The van der Waals surface area contributed by atoms with E-state index in [1.165, 1.54) is 4.31 Å². The molecule has 156 valence electrons. The number of aryl methyl sites for hydroxylation is 2. The van der Waals surface area contributed by atoms with Crippen molar-refractivity contribution in [3.8, 4) is 11.3 Å². The molecule has 0 N–H and O–H groups in total. The number of hydrogen-bond acceptors (Lipinski definition) is 6. The van der Waals surface area contributed by atoms with Gasteiger partial charge in [-0.2, -0.15) is 4.31 Å². The Kier molecular flexibility index (Phi) is 5.73. The third-order valence-electron chi connectivity index (χ3n) is 5.24. The van der Waals surface area contributed by atoms with E-state index >= 15 is 0 Å². The number of aromatic nitrogens is 3. The van der Waals surface area contributed by atoms with E-state index in [1.54, 1.807) is 31.5 Å². The molecule has 1 aliphatic heterocycles. The topological polar surface area (TPSA) is 79.3 Å². The molecule has 1 fully saturated rings. The number of rotatable bonds is 4. The molecule has 2 aromatic heterocycles. The van der Waals surface area contributed by atoms with Gasteiger partial charge in [0.2, 0.25) is 10.0 Å². The lowest BCUT2D eigenvalue weighted by Gasteiger charge is -2.34. The van der Waals surface area contributed by atoms with Crippen LogP contribution in [0.4, 0.5) is 5.82 Å². The molecule has 0 amide bonds. The van der Waals surface area contributed by atoms with Crippen LogP contribution < -0.4 is 4.90 Å². The number of nitrogens with zero attached hydrogens (tertiary/aromatic N) is 5. The zero-order chi connectivity index (χ0) is 21.3. The number of benzene rings is 1. The molecule has 0 atom stereocenters. The second kappa shape index (κ2) is 8.29. The maximum atomic E-state index is 13.1. The Hall–Kier alpha value is -2.55. The van der Waals surface area contributed by atoms with Gasteiger partial charge >= 0.3 is 0 Å². The van der Waals surface area contributed by atoms with Crippen molar-refractivity contribution in [2.75, 3.05) is 31.1 Å². The van der Waals surface area contributed by atoms with Crippen molar-refractivity contribution in [2.24, 2.45) is 0 Å². The van der Waals surface area contributed by atoms with Crippen LogP contribution in [0.5, 0.6) is 0 Å². The average molecular weight is 444 g/mol. The largest absolute Gasteiger partial charge is 0.352 e. The molecular weight excluding hydrogens is 422 g/mol. The van der Waals surface area contributed by atoms with Crippen molar-refractivity contribution in [2.45, 2.75) is 18.7 Å². The highest BCUT2D eigenvalue weighted by atomic mass is 35.5. The molecule has 1 saturated heterocycles. The van der Waals surface area contributed by atoms with E-state index in [0.717, 1.165) is 22.6 Å². The lowest BCUT2D eigenvalue weighted by molar-refractivity contribution is 0.383. The van der Waals surface area contributed by atoms with Crippen LogP contribution in [0.15, 0.2) is 53.7 Å². The molecule has 7 nitrogen and oxygen atoms in total. The summed E-state index contributed by atoms with van der Waals surface area (Å²) in [6.07, 6.45) is 3.46. The third kappa shape index (κ3) is 4.03. The van der Waals surface area contributed by atoms with Crippen LogP contribution in [0.3, 0.4) is 0 Å². The molecule has 9 heteroatoms. The average Bonchev–Trinajstić information content (AvgIpc) is 2.77. The van der Waals surface area contributed by atoms with Crippen LogP contribution in [-0.4, -0.2) is 54.1 Å². The van der Waals surface area contributed by atoms with E-state index in [-0.39, 0.29) is 0 Å². The van der Waals surface area contributed by atoms with Gasteiger partial charge in [-0.3, -0.25) is 4.98 Å². The van der Waals surface area contributed by atoms with Gasteiger partial charge in [-0.05, 0) is 61.4 Å². The first-order chi connectivity index (χ1) is 14.4. The maximum absolute atomic E-state index is 13.1. The van der Waals surface area contributed by atoms with E-state index in [4.69, 9.17) is 11.6 Å². The quantitative estimate of drug-likeness (QED) is 0.615. The Labute approximate surface area is 181 Å². The first-order valence-electron chi connectivity index (χ1n) is 9.62. The van der Waals surface area contributed by atoms with Crippen molar-refractivity contribution < 1.29 is 8.42 Å². The SMILES string of the molecule is Cc1cc(S(=O)(=O)N2CCN(c3ccc(-c4cccnc4)nn3)CC2)c(C)cc1Cl. The van der Waals surface area contributed by atoms with Gasteiger partial charge < -0.3 is 4.90 Å². The van der Waals surface area contributed by atoms with Crippen molar-refractivity contribution in [3.63, 3.8) is 0 Å². The molecule has 1 aliphatic rings. The Balaban J connectivity index is 1.47. The molecule has 0 bridgehead atoms. The molecule has 30 heavy (non-hydrogen) atoms. The number of sulfonamides is 1. The highest BCUT2D eigenvalue weighted by molar-refractivity contribution is 7.89. The second-order valence-corrected chi connectivity index (χ2v) is 9.59. The van der Waals surface area contributed by atoms with Gasteiger partial charge in [-0.25, -0.2) is 8.42 Å². The van der Waals surface area contributed by atoms with Gasteiger partial charge in [-0.15, -0.1) is 10.2 Å². The maximum Gasteiger partial charge on any atom is 0.243 e. The van der Waals surface area contributed by atoms with Crippen LogP contribution >= 0.6 is 11.6 Å². The second-order valence-electron chi connectivity index (χ2n) is 7.28. The summed E-state index contributed by atoms with van der Waals surface area (Å²) in [6, 6.07) is 11.0. The first-order valence-corrected chi connectivity index (χ1v) is 11.4. The first kappa shape index (κ1) is 20.7. The molecule has 3 heterocycles. The minimum Gasteiger partial charge on any atom is -0.352 e. The van der Waals surface area contributed by atoms with E-state index in [2.05, 4.69) is 15.2 Å². The normalized spacial score (nSPS) is 15.4. The Morgan fingerprint density at radius 1 is 0.967 bits per heavy atom. The number of hydrogen-bond donors (Lipinski definition) is 0. The lowest BCUT2D eigenvalue weighted by Crippen LogP contribution is -2.49. The Bertz CT molecular complexity index is 1150.